The van der Waals surface area contributed by atoms with E-state index < -0.39 is 5.41 Å². The smallest absolute Gasteiger partial charge is 0.316 e. The molecule has 2 nitrogen and oxygen atoms in total. The molecule has 0 aromatic heterocycles. The molecule has 3 aliphatic carbocycles. The summed E-state index contributed by atoms with van der Waals surface area (Å²) >= 11 is 0. The van der Waals surface area contributed by atoms with Crippen LogP contribution in [0.15, 0.2) is 12.2 Å². The van der Waals surface area contributed by atoms with Crippen molar-refractivity contribution in [3.8, 4) is 0 Å². The molecule has 3 fully saturated rings. The molecular weight excluding hydrogens is 320 g/mol. The third-order valence-corrected chi connectivity index (χ3v) is 7.49. The predicted octanol–water partition coefficient (Wildman–Crippen LogP) is 6.93. The van der Waals surface area contributed by atoms with Gasteiger partial charge in [-0.2, -0.15) is 0 Å². The van der Waals surface area contributed by atoms with Gasteiger partial charge < -0.3 is 4.74 Å². The zero-order valence-corrected chi connectivity index (χ0v) is 18.4. The molecule has 0 saturated heterocycles. The lowest BCUT2D eigenvalue weighted by Gasteiger charge is -2.51. The highest BCUT2D eigenvalue weighted by atomic mass is 16.6. The number of fused-ring (bicyclic) bond motifs is 3. The van der Waals surface area contributed by atoms with Crippen LogP contribution in [-0.2, 0) is 9.53 Å². The van der Waals surface area contributed by atoms with E-state index in [9.17, 15) is 4.79 Å². The van der Waals surface area contributed by atoms with Crippen LogP contribution in [0.5, 0.6) is 0 Å². The molecular formula is C24H42O2. The van der Waals surface area contributed by atoms with Crippen LogP contribution in [-0.4, -0.2) is 11.6 Å². The molecule has 0 aliphatic heterocycles. The Hall–Kier alpha value is -0.790. The first-order valence-electron chi connectivity index (χ1n) is 10.9. The average Bonchev–Trinajstić information content (AvgIpc) is 2.58. The fraction of sp³-hybridized carbons (Fsp3) is 0.875. The highest BCUT2D eigenvalue weighted by Gasteiger charge is 2.51. The van der Waals surface area contributed by atoms with Crippen LogP contribution < -0.4 is 0 Å². The van der Waals surface area contributed by atoms with E-state index in [0.29, 0.717) is 5.92 Å². The first-order valence-corrected chi connectivity index (χ1v) is 10.9. The maximum atomic E-state index is 13.5. The molecule has 2 heteroatoms. The zero-order chi connectivity index (χ0) is 19.8. The third kappa shape index (κ3) is 4.20. The van der Waals surface area contributed by atoms with Crippen molar-refractivity contribution in [1.29, 1.82) is 0 Å². The van der Waals surface area contributed by atoms with Gasteiger partial charge in [-0.05, 0) is 69.6 Å². The lowest BCUT2D eigenvalue weighted by Crippen LogP contribution is -2.51. The van der Waals surface area contributed by atoms with Crippen molar-refractivity contribution in [2.24, 2.45) is 28.6 Å². The Morgan fingerprint density at radius 3 is 1.92 bits per heavy atom. The van der Waals surface area contributed by atoms with E-state index in [4.69, 9.17) is 4.74 Å². The van der Waals surface area contributed by atoms with Gasteiger partial charge in [0, 0.05) is 5.92 Å². The fourth-order valence-electron chi connectivity index (χ4n) is 5.77. The Bertz CT molecular complexity index is 515. The maximum Gasteiger partial charge on any atom is 0.316 e. The number of esters is 1. The van der Waals surface area contributed by atoms with Gasteiger partial charge in [0.1, 0.15) is 5.60 Å². The minimum Gasteiger partial charge on any atom is -0.458 e. The van der Waals surface area contributed by atoms with Crippen LogP contribution in [0, 0.1) is 28.6 Å². The van der Waals surface area contributed by atoms with E-state index in [1.165, 1.54) is 32.1 Å². The molecule has 2 atom stereocenters. The van der Waals surface area contributed by atoms with Crippen LogP contribution in [0.25, 0.3) is 0 Å². The SMILES string of the molecule is C=C(C)C(C)(CC(C)(C)C)C(=O)OC(CC)(CC)C1CC2CCC1CC2. The second-order valence-electron chi connectivity index (χ2n) is 10.6. The van der Waals surface area contributed by atoms with Gasteiger partial charge in [0.2, 0.25) is 0 Å². The first kappa shape index (κ1) is 21.5. The summed E-state index contributed by atoms with van der Waals surface area (Å²) in [4.78, 5) is 13.5. The number of hydrogen-bond donors (Lipinski definition) is 0. The molecule has 26 heavy (non-hydrogen) atoms. The highest BCUT2D eigenvalue weighted by Crippen LogP contribution is 2.52. The van der Waals surface area contributed by atoms with Crippen molar-refractivity contribution in [2.75, 3.05) is 0 Å². The van der Waals surface area contributed by atoms with Crippen molar-refractivity contribution in [3.05, 3.63) is 12.2 Å². The summed E-state index contributed by atoms with van der Waals surface area (Å²) in [5.41, 5.74) is 0.0676. The van der Waals surface area contributed by atoms with Gasteiger partial charge in [0.15, 0.2) is 0 Å². The third-order valence-electron chi connectivity index (χ3n) is 7.49. The molecule has 0 aromatic carbocycles. The van der Waals surface area contributed by atoms with Crippen molar-refractivity contribution in [1.82, 2.24) is 0 Å². The van der Waals surface area contributed by atoms with Gasteiger partial charge in [-0.1, -0.05) is 59.6 Å². The molecule has 2 bridgehead atoms. The van der Waals surface area contributed by atoms with Crippen LogP contribution in [0.1, 0.15) is 99.8 Å². The van der Waals surface area contributed by atoms with Crippen molar-refractivity contribution in [3.63, 3.8) is 0 Å². The second-order valence-corrected chi connectivity index (χ2v) is 10.6. The molecule has 0 heterocycles. The Kier molecular flexibility index (Phi) is 6.35. The van der Waals surface area contributed by atoms with E-state index >= 15 is 0 Å². The zero-order valence-electron chi connectivity index (χ0n) is 18.4. The molecule has 3 saturated carbocycles. The number of ether oxygens (including phenoxy) is 1. The van der Waals surface area contributed by atoms with Crippen LogP contribution in [0.3, 0.4) is 0 Å². The second kappa shape index (κ2) is 7.68. The summed E-state index contributed by atoms with van der Waals surface area (Å²) in [6.07, 6.45) is 9.29. The van der Waals surface area contributed by atoms with Gasteiger partial charge in [-0.15, -0.1) is 0 Å². The van der Waals surface area contributed by atoms with Gasteiger partial charge >= 0.3 is 5.97 Å². The minimum atomic E-state index is -0.610. The van der Waals surface area contributed by atoms with E-state index in [0.717, 1.165) is 36.7 Å². The summed E-state index contributed by atoms with van der Waals surface area (Å²) in [6, 6.07) is 0. The standard InChI is InChI=1S/C24H42O2/c1-9-24(10-2,20-15-18-11-13-19(20)14-12-18)26-21(25)23(8,17(3)4)16-22(5,6)7/h18-20H,3,9-16H2,1-2,4-8H3. The minimum absolute atomic E-state index is 0.0509. The monoisotopic (exact) mass is 362 g/mol. The van der Waals surface area contributed by atoms with E-state index in [1.807, 2.05) is 13.8 Å². The van der Waals surface area contributed by atoms with E-state index in [1.54, 1.807) is 0 Å². The van der Waals surface area contributed by atoms with Crippen LogP contribution in [0.2, 0.25) is 0 Å². The summed E-state index contributed by atoms with van der Waals surface area (Å²) in [5.74, 6) is 2.08. The van der Waals surface area contributed by atoms with Gasteiger partial charge in [0.25, 0.3) is 0 Å². The Labute approximate surface area is 162 Å². The quantitative estimate of drug-likeness (QED) is 0.362. The largest absolute Gasteiger partial charge is 0.458 e. The first-order chi connectivity index (χ1) is 12.0. The van der Waals surface area contributed by atoms with Crippen molar-refractivity contribution in [2.45, 2.75) is 105 Å². The van der Waals surface area contributed by atoms with Crippen LogP contribution in [0.4, 0.5) is 0 Å². The molecule has 0 N–H and O–H groups in total. The Morgan fingerprint density at radius 2 is 1.58 bits per heavy atom. The lowest BCUT2D eigenvalue weighted by atomic mass is 9.58. The number of carbonyl (C=O) groups is 1. The van der Waals surface area contributed by atoms with E-state index in [-0.39, 0.29) is 17.0 Å². The summed E-state index contributed by atoms with van der Waals surface area (Å²) in [5, 5.41) is 0. The van der Waals surface area contributed by atoms with Gasteiger partial charge in [-0.25, -0.2) is 0 Å². The summed E-state index contributed by atoms with van der Waals surface area (Å²) < 4.78 is 6.50. The van der Waals surface area contributed by atoms with Gasteiger partial charge in [-0.3, -0.25) is 4.79 Å². The summed E-state index contributed by atoms with van der Waals surface area (Å²) in [7, 11) is 0. The molecule has 3 aliphatic rings. The number of carbonyl (C=O) groups excluding carboxylic acids is 1. The van der Waals surface area contributed by atoms with Crippen molar-refractivity contribution >= 4 is 5.97 Å². The molecule has 0 radical (unpaired) electrons. The summed E-state index contributed by atoms with van der Waals surface area (Å²) in [6.45, 7) is 19.2. The normalized spacial score (nSPS) is 28.5. The number of hydrogen-bond acceptors (Lipinski definition) is 2. The Balaban J connectivity index is 2.27. The van der Waals surface area contributed by atoms with E-state index in [2.05, 4.69) is 41.2 Å². The molecule has 0 amide bonds. The molecule has 150 valence electrons. The lowest BCUT2D eigenvalue weighted by molar-refractivity contribution is -0.187. The molecule has 3 rings (SSSR count). The van der Waals surface area contributed by atoms with Gasteiger partial charge in [0.05, 0.1) is 5.41 Å². The maximum absolute atomic E-state index is 13.5. The number of rotatable bonds is 7. The van der Waals surface area contributed by atoms with Crippen LogP contribution >= 0.6 is 0 Å². The molecule has 0 aromatic rings. The predicted molar refractivity (Wildman–Crippen MR) is 110 cm³/mol. The molecule has 0 spiro atoms. The fourth-order valence-corrected chi connectivity index (χ4v) is 5.77. The highest BCUT2D eigenvalue weighted by molar-refractivity contribution is 5.80. The topological polar surface area (TPSA) is 26.3 Å². The Morgan fingerprint density at radius 1 is 1.04 bits per heavy atom. The van der Waals surface area contributed by atoms with Crippen molar-refractivity contribution < 1.29 is 9.53 Å². The average molecular weight is 363 g/mol. The molecule has 2 unspecified atom stereocenters.